The fraction of sp³-hybridized carbons (Fsp3) is 1.00. The number of aliphatic hydroxyl groups excluding tert-OH is 2. The van der Waals surface area contributed by atoms with Crippen molar-refractivity contribution in [1.82, 2.24) is 9.80 Å². The lowest BCUT2D eigenvalue weighted by Crippen LogP contribution is -2.44. The maximum absolute atomic E-state index is 9.42. The molecule has 102 valence electrons. The van der Waals surface area contributed by atoms with E-state index < -0.39 is 0 Å². The van der Waals surface area contributed by atoms with Crippen LogP contribution in [0.1, 0.15) is 13.8 Å². The standard InChI is InChI=1S/C12H26N2O3/c1-11(15)9-14(10-12(2)16)4-3-13-5-7-17-8-6-13/h11-12,15-16H,3-10H2,1-2H3. The highest BCUT2D eigenvalue weighted by Gasteiger charge is 2.14. The Balaban J connectivity index is 2.26. The van der Waals surface area contributed by atoms with Crippen LogP contribution in [0.25, 0.3) is 0 Å². The Morgan fingerprint density at radius 1 is 1.12 bits per heavy atom. The zero-order valence-electron chi connectivity index (χ0n) is 11.0. The molecule has 2 unspecified atom stereocenters. The Hall–Kier alpha value is -0.200. The molecule has 0 aromatic heterocycles. The van der Waals surface area contributed by atoms with E-state index in [-0.39, 0.29) is 12.2 Å². The molecule has 5 heteroatoms. The van der Waals surface area contributed by atoms with Gasteiger partial charge in [-0.05, 0) is 13.8 Å². The first-order valence-corrected chi connectivity index (χ1v) is 6.46. The van der Waals surface area contributed by atoms with Crippen LogP contribution in [0.15, 0.2) is 0 Å². The second-order valence-electron chi connectivity index (χ2n) is 4.91. The third-order valence-corrected chi connectivity index (χ3v) is 2.88. The van der Waals surface area contributed by atoms with Crippen LogP contribution >= 0.6 is 0 Å². The summed E-state index contributed by atoms with van der Waals surface area (Å²) in [5.74, 6) is 0. The number of nitrogens with zero attached hydrogens (tertiary/aromatic N) is 2. The van der Waals surface area contributed by atoms with Crippen molar-refractivity contribution in [1.29, 1.82) is 0 Å². The minimum absolute atomic E-state index is 0.349. The van der Waals surface area contributed by atoms with E-state index in [1.807, 2.05) is 0 Å². The molecule has 1 aliphatic rings. The molecule has 0 radical (unpaired) electrons. The van der Waals surface area contributed by atoms with Gasteiger partial charge in [-0.1, -0.05) is 0 Å². The summed E-state index contributed by atoms with van der Waals surface area (Å²) in [6.45, 7) is 10.3. The predicted molar refractivity (Wildman–Crippen MR) is 67.1 cm³/mol. The van der Waals surface area contributed by atoms with E-state index in [1.54, 1.807) is 13.8 Å². The summed E-state index contributed by atoms with van der Waals surface area (Å²) in [5.41, 5.74) is 0. The molecule has 0 bridgehead atoms. The van der Waals surface area contributed by atoms with Gasteiger partial charge < -0.3 is 14.9 Å². The SMILES string of the molecule is CC(O)CN(CCN1CCOCC1)CC(C)O. The molecular formula is C12H26N2O3. The van der Waals surface area contributed by atoms with Crippen molar-refractivity contribution in [3.63, 3.8) is 0 Å². The smallest absolute Gasteiger partial charge is 0.0639 e. The van der Waals surface area contributed by atoms with Crippen LogP contribution in [0.5, 0.6) is 0 Å². The van der Waals surface area contributed by atoms with Crippen LogP contribution in [0.3, 0.4) is 0 Å². The van der Waals surface area contributed by atoms with E-state index in [0.717, 1.165) is 39.4 Å². The van der Waals surface area contributed by atoms with E-state index in [2.05, 4.69) is 9.80 Å². The van der Waals surface area contributed by atoms with E-state index in [9.17, 15) is 10.2 Å². The highest BCUT2D eigenvalue weighted by atomic mass is 16.5. The molecule has 2 N–H and O–H groups in total. The molecule has 17 heavy (non-hydrogen) atoms. The van der Waals surface area contributed by atoms with Gasteiger partial charge in [0.25, 0.3) is 0 Å². The molecular weight excluding hydrogens is 220 g/mol. The number of ether oxygens (including phenoxy) is 1. The monoisotopic (exact) mass is 246 g/mol. The molecule has 2 atom stereocenters. The van der Waals surface area contributed by atoms with Crippen molar-refractivity contribution < 1.29 is 14.9 Å². The van der Waals surface area contributed by atoms with Crippen LogP contribution in [0.4, 0.5) is 0 Å². The van der Waals surface area contributed by atoms with Crippen molar-refractivity contribution in [2.45, 2.75) is 26.1 Å². The minimum atomic E-state index is -0.349. The van der Waals surface area contributed by atoms with Crippen molar-refractivity contribution >= 4 is 0 Å². The lowest BCUT2D eigenvalue weighted by Gasteiger charge is -2.31. The van der Waals surface area contributed by atoms with Crippen molar-refractivity contribution in [3.05, 3.63) is 0 Å². The van der Waals surface area contributed by atoms with Crippen LogP contribution in [0, 0.1) is 0 Å². The largest absolute Gasteiger partial charge is 0.392 e. The minimum Gasteiger partial charge on any atom is -0.392 e. The highest BCUT2D eigenvalue weighted by Crippen LogP contribution is 2.00. The molecule has 0 amide bonds. The normalized spacial score (nSPS) is 21.7. The van der Waals surface area contributed by atoms with Crippen LogP contribution in [-0.4, -0.2) is 84.7 Å². The van der Waals surface area contributed by atoms with Gasteiger partial charge in [0.1, 0.15) is 0 Å². The Morgan fingerprint density at radius 2 is 1.65 bits per heavy atom. The van der Waals surface area contributed by atoms with Crippen LogP contribution < -0.4 is 0 Å². The highest BCUT2D eigenvalue weighted by molar-refractivity contribution is 4.69. The van der Waals surface area contributed by atoms with Gasteiger partial charge in [-0.15, -0.1) is 0 Å². The Morgan fingerprint density at radius 3 is 2.12 bits per heavy atom. The van der Waals surface area contributed by atoms with Gasteiger partial charge in [0.05, 0.1) is 25.4 Å². The van der Waals surface area contributed by atoms with Crippen LogP contribution in [-0.2, 0) is 4.74 Å². The first-order chi connectivity index (χ1) is 8.08. The second-order valence-corrected chi connectivity index (χ2v) is 4.91. The van der Waals surface area contributed by atoms with Gasteiger partial charge in [-0.3, -0.25) is 9.80 Å². The zero-order valence-corrected chi connectivity index (χ0v) is 11.0. The van der Waals surface area contributed by atoms with Gasteiger partial charge in [-0.25, -0.2) is 0 Å². The number of rotatable bonds is 7. The molecule has 0 saturated carbocycles. The Labute approximate surface area is 104 Å². The molecule has 0 aromatic rings. The first-order valence-electron chi connectivity index (χ1n) is 6.46. The summed E-state index contributed by atoms with van der Waals surface area (Å²) in [5, 5.41) is 18.8. The summed E-state index contributed by atoms with van der Waals surface area (Å²) in [6, 6.07) is 0. The lowest BCUT2D eigenvalue weighted by atomic mass is 10.3. The number of aliphatic hydroxyl groups is 2. The molecule has 1 aliphatic heterocycles. The maximum Gasteiger partial charge on any atom is 0.0639 e. The zero-order chi connectivity index (χ0) is 12.7. The summed E-state index contributed by atoms with van der Waals surface area (Å²) in [4.78, 5) is 4.48. The number of morpholine rings is 1. The molecule has 0 spiro atoms. The van der Waals surface area contributed by atoms with Crippen molar-refractivity contribution in [3.8, 4) is 0 Å². The quantitative estimate of drug-likeness (QED) is 0.627. The summed E-state index contributed by atoms with van der Waals surface area (Å²) < 4.78 is 5.30. The number of hydrogen-bond donors (Lipinski definition) is 2. The molecule has 0 aromatic carbocycles. The van der Waals surface area contributed by atoms with E-state index in [4.69, 9.17) is 4.74 Å². The average Bonchev–Trinajstić information content (AvgIpc) is 2.26. The Bertz CT molecular complexity index is 184. The third-order valence-electron chi connectivity index (χ3n) is 2.88. The molecule has 1 fully saturated rings. The van der Waals surface area contributed by atoms with Gasteiger partial charge >= 0.3 is 0 Å². The van der Waals surface area contributed by atoms with Crippen LogP contribution in [0.2, 0.25) is 0 Å². The first kappa shape index (κ1) is 14.9. The molecule has 1 rings (SSSR count). The summed E-state index contributed by atoms with van der Waals surface area (Å²) in [6.07, 6.45) is -0.697. The number of hydrogen-bond acceptors (Lipinski definition) is 5. The molecule has 5 nitrogen and oxygen atoms in total. The van der Waals surface area contributed by atoms with Gasteiger partial charge in [-0.2, -0.15) is 0 Å². The lowest BCUT2D eigenvalue weighted by molar-refractivity contribution is 0.0259. The van der Waals surface area contributed by atoms with E-state index in [0.29, 0.717) is 13.1 Å². The van der Waals surface area contributed by atoms with E-state index in [1.165, 1.54) is 0 Å². The van der Waals surface area contributed by atoms with Gasteiger partial charge in [0.2, 0.25) is 0 Å². The predicted octanol–water partition coefficient (Wildman–Crippen LogP) is -0.618. The molecule has 1 heterocycles. The second kappa shape index (κ2) is 8.00. The van der Waals surface area contributed by atoms with Crippen molar-refractivity contribution in [2.75, 3.05) is 52.5 Å². The maximum atomic E-state index is 9.42. The fourth-order valence-electron chi connectivity index (χ4n) is 2.11. The topological polar surface area (TPSA) is 56.2 Å². The van der Waals surface area contributed by atoms with Crippen molar-refractivity contribution in [2.24, 2.45) is 0 Å². The Kier molecular flexibility index (Phi) is 6.99. The average molecular weight is 246 g/mol. The third kappa shape index (κ3) is 6.95. The summed E-state index contributed by atoms with van der Waals surface area (Å²) in [7, 11) is 0. The van der Waals surface area contributed by atoms with Gasteiger partial charge in [0, 0.05) is 39.3 Å². The summed E-state index contributed by atoms with van der Waals surface area (Å²) >= 11 is 0. The van der Waals surface area contributed by atoms with E-state index >= 15 is 0 Å². The fourth-order valence-corrected chi connectivity index (χ4v) is 2.11. The molecule has 0 aliphatic carbocycles. The van der Waals surface area contributed by atoms with Gasteiger partial charge in [0.15, 0.2) is 0 Å². The molecule has 1 saturated heterocycles.